The van der Waals surface area contributed by atoms with Crippen LogP contribution in [0.5, 0.6) is 0 Å². The van der Waals surface area contributed by atoms with E-state index < -0.39 is 0 Å². The summed E-state index contributed by atoms with van der Waals surface area (Å²) in [5, 5.41) is 23.4. The van der Waals surface area contributed by atoms with Crippen LogP contribution in [0.3, 0.4) is 0 Å². The van der Waals surface area contributed by atoms with Crippen molar-refractivity contribution in [2.45, 2.75) is 0 Å². The number of pyridine rings is 1. The maximum Gasteiger partial charge on any atom is 0.0709 e. The zero-order chi connectivity index (χ0) is 40.5. The molecule has 0 amide bonds. The normalized spacial score (nSPS) is 12.2. The lowest BCUT2D eigenvalue weighted by molar-refractivity contribution is 1.33. The monoisotopic (exact) mass is 781 g/mol. The highest BCUT2D eigenvalue weighted by Crippen LogP contribution is 2.55. The summed E-state index contributed by atoms with van der Waals surface area (Å²) in [7, 11) is 0. The molecule has 0 radical (unpaired) electrons. The van der Waals surface area contributed by atoms with Gasteiger partial charge in [0.15, 0.2) is 0 Å². The highest BCUT2D eigenvalue weighted by atomic mass is 14.7. The fourth-order valence-electron chi connectivity index (χ4n) is 11.2. The molecule has 0 aliphatic carbocycles. The molecule has 0 fully saturated rings. The Morgan fingerprint density at radius 2 is 0.726 bits per heavy atom. The first-order chi connectivity index (χ1) is 30.8. The molecule has 14 aromatic rings. The Labute approximate surface area is 357 Å². The molecule has 284 valence electrons. The van der Waals surface area contributed by atoms with E-state index in [4.69, 9.17) is 4.98 Å². The van der Waals surface area contributed by atoms with Crippen molar-refractivity contribution in [3.05, 3.63) is 212 Å². The van der Waals surface area contributed by atoms with Gasteiger partial charge in [-0.2, -0.15) is 0 Å². The number of benzene rings is 11. The van der Waals surface area contributed by atoms with Gasteiger partial charge in [0.25, 0.3) is 0 Å². The molecule has 0 saturated heterocycles. The Morgan fingerprint density at radius 3 is 1.45 bits per heavy atom. The highest BCUT2D eigenvalue weighted by Gasteiger charge is 2.27. The molecule has 0 atom stereocenters. The van der Waals surface area contributed by atoms with E-state index in [0.717, 1.165) is 22.5 Å². The van der Waals surface area contributed by atoms with Gasteiger partial charge in [-0.3, -0.25) is 0 Å². The maximum absolute atomic E-state index is 5.12. The highest BCUT2D eigenvalue weighted by molar-refractivity contribution is 6.46. The van der Waals surface area contributed by atoms with Crippen molar-refractivity contribution in [2.75, 3.05) is 0 Å². The van der Waals surface area contributed by atoms with Gasteiger partial charge in [-0.1, -0.05) is 182 Å². The summed E-state index contributed by atoms with van der Waals surface area (Å²) in [5.74, 6) is 0. The number of nitrogens with zero attached hydrogens (tertiary/aromatic N) is 1. The van der Waals surface area contributed by atoms with Crippen molar-refractivity contribution in [3.8, 4) is 44.8 Å². The SMILES string of the molecule is c1ccc(-c2cccc(-c3ccc4c(ccc5cc6c7c(-c8ccccc8)c8cc9c%10ccccc%10c%10cccc(c8c(-c8ccccc8)c7c7cccc(c54)c67)c%109)c3)n2)cc1. The minimum atomic E-state index is 0.976. The molecule has 13 aromatic carbocycles. The van der Waals surface area contributed by atoms with Crippen molar-refractivity contribution in [3.63, 3.8) is 0 Å². The van der Waals surface area contributed by atoms with Crippen LogP contribution in [0.15, 0.2) is 212 Å². The van der Waals surface area contributed by atoms with Gasteiger partial charge in [0, 0.05) is 11.1 Å². The van der Waals surface area contributed by atoms with Gasteiger partial charge in [0.2, 0.25) is 0 Å². The second kappa shape index (κ2) is 12.7. The third-order valence-electron chi connectivity index (χ3n) is 13.7. The lowest BCUT2D eigenvalue weighted by atomic mass is 9.84. The summed E-state index contributed by atoms with van der Waals surface area (Å²) in [6, 6.07) is 78.5. The van der Waals surface area contributed by atoms with Gasteiger partial charge in [0.05, 0.1) is 11.4 Å². The molecule has 1 heterocycles. The first kappa shape index (κ1) is 33.7. The van der Waals surface area contributed by atoms with E-state index >= 15 is 0 Å². The number of hydrogen-bond acceptors (Lipinski definition) is 1. The van der Waals surface area contributed by atoms with Gasteiger partial charge in [-0.15, -0.1) is 0 Å². The zero-order valence-electron chi connectivity index (χ0n) is 33.7. The maximum atomic E-state index is 5.12. The Kier molecular flexibility index (Phi) is 6.89. The van der Waals surface area contributed by atoms with E-state index in [9.17, 15) is 0 Å². The number of fused-ring (bicyclic) bond motifs is 12. The van der Waals surface area contributed by atoms with Crippen molar-refractivity contribution < 1.29 is 0 Å². The lowest BCUT2D eigenvalue weighted by Crippen LogP contribution is -1.91. The van der Waals surface area contributed by atoms with E-state index in [1.54, 1.807) is 0 Å². The third kappa shape index (κ3) is 4.60. The summed E-state index contributed by atoms with van der Waals surface area (Å²) in [6.45, 7) is 0. The molecule has 1 nitrogen and oxygen atoms in total. The van der Waals surface area contributed by atoms with Crippen LogP contribution in [0.25, 0.3) is 142 Å². The Balaban J connectivity index is 1.14. The summed E-state index contributed by atoms with van der Waals surface area (Å²) >= 11 is 0. The van der Waals surface area contributed by atoms with E-state index in [2.05, 4.69) is 206 Å². The fraction of sp³-hybridized carbons (Fsp3) is 0. The van der Waals surface area contributed by atoms with Crippen molar-refractivity contribution in [2.24, 2.45) is 0 Å². The molecule has 0 N–H and O–H groups in total. The van der Waals surface area contributed by atoms with Crippen molar-refractivity contribution in [1.82, 2.24) is 4.98 Å². The molecule has 14 rings (SSSR count). The molecule has 1 aromatic heterocycles. The van der Waals surface area contributed by atoms with Gasteiger partial charge >= 0.3 is 0 Å². The van der Waals surface area contributed by atoms with Gasteiger partial charge in [0.1, 0.15) is 0 Å². The van der Waals surface area contributed by atoms with Crippen molar-refractivity contribution in [1.29, 1.82) is 0 Å². The number of aromatic nitrogens is 1. The molecule has 0 aliphatic rings. The number of hydrogen-bond donors (Lipinski definition) is 0. The first-order valence-corrected chi connectivity index (χ1v) is 21.5. The lowest BCUT2D eigenvalue weighted by Gasteiger charge is -2.19. The van der Waals surface area contributed by atoms with E-state index in [0.29, 0.717) is 0 Å². The van der Waals surface area contributed by atoms with Gasteiger partial charge in [-0.25, -0.2) is 4.98 Å². The standard InChI is InChI=1S/C61H35N/c1-4-15-36(16-5-1)52-27-14-28-53(62-52)40-31-32-42-39(33-40)29-30-41-34-50-58-46(54(41)42)24-13-26-48(58)60-56(38-19-8-3-9-20-38)59-47-25-12-23-45-43-21-10-11-22-44(43)49(57(45)47)35-51(59)55(61(50)60)37-17-6-2-7-18-37/h1-35H. The van der Waals surface area contributed by atoms with Crippen LogP contribution in [-0.4, -0.2) is 4.98 Å². The van der Waals surface area contributed by atoms with Crippen LogP contribution >= 0.6 is 0 Å². The van der Waals surface area contributed by atoms with Crippen molar-refractivity contribution >= 4 is 97.0 Å². The van der Waals surface area contributed by atoms with E-state index in [-0.39, 0.29) is 0 Å². The molecule has 62 heavy (non-hydrogen) atoms. The molecular weight excluding hydrogens is 747 g/mol. The molecular formula is C61H35N. The second-order valence-corrected chi connectivity index (χ2v) is 16.9. The average molecular weight is 782 g/mol. The van der Waals surface area contributed by atoms with Crippen LogP contribution in [0.4, 0.5) is 0 Å². The minimum Gasteiger partial charge on any atom is -0.248 e. The van der Waals surface area contributed by atoms with Crippen LogP contribution in [0.1, 0.15) is 0 Å². The van der Waals surface area contributed by atoms with Crippen LogP contribution in [0, 0.1) is 0 Å². The predicted octanol–water partition coefficient (Wildman–Crippen LogP) is 17.0. The predicted molar refractivity (Wildman–Crippen MR) is 266 cm³/mol. The summed E-state index contributed by atoms with van der Waals surface area (Å²) < 4.78 is 0. The molecule has 1 heteroatoms. The molecule has 0 saturated carbocycles. The first-order valence-electron chi connectivity index (χ1n) is 21.5. The largest absolute Gasteiger partial charge is 0.248 e. The van der Waals surface area contributed by atoms with Gasteiger partial charge in [-0.05, 0) is 150 Å². The topological polar surface area (TPSA) is 12.9 Å². The Bertz CT molecular complexity index is 4110. The second-order valence-electron chi connectivity index (χ2n) is 16.9. The zero-order valence-corrected chi connectivity index (χ0v) is 33.7. The molecule has 0 bridgehead atoms. The summed E-state index contributed by atoms with van der Waals surface area (Å²) in [5.41, 5.74) is 9.28. The average Bonchev–Trinajstić information content (AvgIpc) is 3.85. The Morgan fingerprint density at radius 1 is 0.210 bits per heavy atom. The summed E-state index contributed by atoms with van der Waals surface area (Å²) in [6.07, 6.45) is 0. The number of rotatable bonds is 4. The smallest absolute Gasteiger partial charge is 0.0709 e. The van der Waals surface area contributed by atoms with Crippen LogP contribution in [0.2, 0.25) is 0 Å². The molecule has 0 unspecified atom stereocenters. The van der Waals surface area contributed by atoms with E-state index in [1.807, 2.05) is 6.07 Å². The third-order valence-corrected chi connectivity index (χ3v) is 13.7. The molecule has 0 aliphatic heterocycles. The molecule has 0 spiro atoms. The summed E-state index contributed by atoms with van der Waals surface area (Å²) in [4.78, 5) is 5.12. The minimum absolute atomic E-state index is 0.976. The quantitative estimate of drug-likeness (QED) is 0.162. The van der Waals surface area contributed by atoms with Crippen LogP contribution in [-0.2, 0) is 0 Å². The van der Waals surface area contributed by atoms with E-state index in [1.165, 1.54) is 119 Å². The Hall–Kier alpha value is -8.13. The van der Waals surface area contributed by atoms with Crippen LogP contribution < -0.4 is 0 Å². The fourth-order valence-corrected chi connectivity index (χ4v) is 11.2. The van der Waals surface area contributed by atoms with Gasteiger partial charge < -0.3 is 0 Å².